The molecule has 262 valence electrons. The van der Waals surface area contributed by atoms with Crippen molar-refractivity contribution in [3.05, 3.63) is 200 Å². The summed E-state index contributed by atoms with van der Waals surface area (Å²) in [6.45, 7) is 0. The highest BCUT2D eigenvalue weighted by atomic mass is 16.3. The van der Waals surface area contributed by atoms with Gasteiger partial charge in [0.05, 0.1) is 22.6 Å². The lowest BCUT2D eigenvalue weighted by atomic mass is 9.92. The Labute approximate surface area is 324 Å². The van der Waals surface area contributed by atoms with Gasteiger partial charge in [0, 0.05) is 49.8 Å². The van der Waals surface area contributed by atoms with E-state index in [9.17, 15) is 0 Å². The highest BCUT2D eigenvalue weighted by molar-refractivity contribution is 6.14. The summed E-state index contributed by atoms with van der Waals surface area (Å²) in [5.74, 6) is 1.54. The summed E-state index contributed by atoms with van der Waals surface area (Å²) in [6.07, 6.45) is 0. The maximum Gasteiger partial charge on any atom is 0.160 e. The molecule has 10 aromatic rings. The van der Waals surface area contributed by atoms with Gasteiger partial charge in [-0.3, -0.25) is 0 Å². The summed E-state index contributed by atoms with van der Waals surface area (Å²) in [7, 11) is 0. The van der Waals surface area contributed by atoms with Crippen LogP contribution in [-0.2, 0) is 0 Å². The molecule has 4 heteroatoms. The van der Waals surface area contributed by atoms with Crippen molar-refractivity contribution < 1.29 is 4.42 Å². The molecule has 1 aliphatic rings. The van der Waals surface area contributed by atoms with Gasteiger partial charge in [0.2, 0.25) is 0 Å². The van der Waals surface area contributed by atoms with E-state index in [0.29, 0.717) is 5.82 Å². The highest BCUT2D eigenvalue weighted by Crippen LogP contribution is 2.55. The van der Waals surface area contributed by atoms with Crippen molar-refractivity contribution in [2.45, 2.75) is 0 Å². The van der Waals surface area contributed by atoms with Crippen LogP contribution in [0.25, 0.3) is 89.2 Å². The molecule has 8 aromatic carbocycles. The number of fused-ring (bicyclic) bond motifs is 8. The lowest BCUT2D eigenvalue weighted by Crippen LogP contribution is -2.11. The summed E-state index contributed by atoms with van der Waals surface area (Å²) < 4.78 is 7.18. The maximum atomic E-state index is 7.18. The van der Waals surface area contributed by atoms with E-state index in [0.717, 1.165) is 100 Å². The third-order valence-corrected chi connectivity index (χ3v) is 10.8. The van der Waals surface area contributed by atoms with Crippen molar-refractivity contribution in [3.8, 4) is 67.3 Å². The quantitative estimate of drug-likeness (QED) is 0.178. The molecule has 0 unspecified atom stereocenters. The van der Waals surface area contributed by atoms with E-state index in [1.165, 1.54) is 0 Å². The zero-order valence-corrected chi connectivity index (χ0v) is 30.3. The Bertz CT molecular complexity index is 3080. The SMILES string of the molecule is c1ccc(-c2oc3c4c(ccc3c2-c2ccccc2)N(c2cccc(-c3nc(-c5ccccc5)c5ccccc5n3)c2)c2ccccc2-c2ccccc2-4)cc1. The van der Waals surface area contributed by atoms with E-state index in [4.69, 9.17) is 14.4 Å². The molecule has 56 heavy (non-hydrogen) atoms. The van der Waals surface area contributed by atoms with Crippen LogP contribution in [0.5, 0.6) is 0 Å². The molecule has 0 spiro atoms. The number of rotatable bonds is 5. The van der Waals surface area contributed by atoms with E-state index < -0.39 is 0 Å². The molecule has 0 atom stereocenters. The average molecular weight is 716 g/mol. The fourth-order valence-corrected chi connectivity index (χ4v) is 8.33. The van der Waals surface area contributed by atoms with E-state index in [1.54, 1.807) is 0 Å². The standard InChI is InChI=1S/C52H33N3O/c1-4-17-34(18-5-1)47-43-31-32-46-48(51(43)56-50(47)36-21-8-3-9-22-36)41-27-11-10-25-39(41)40-26-13-15-30-45(40)55(46)38-24-16-23-37(33-38)52-53-44-29-14-12-28-42(44)49(54-52)35-19-6-2-7-20-35/h1-33H. The molecule has 0 aliphatic carbocycles. The topological polar surface area (TPSA) is 42.2 Å². The molecule has 2 aromatic heterocycles. The van der Waals surface area contributed by atoms with Crippen molar-refractivity contribution in [3.63, 3.8) is 0 Å². The second kappa shape index (κ2) is 13.1. The second-order valence-corrected chi connectivity index (χ2v) is 14.1. The first-order valence-electron chi connectivity index (χ1n) is 18.9. The second-order valence-electron chi connectivity index (χ2n) is 14.1. The van der Waals surface area contributed by atoms with Gasteiger partial charge in [-0.15, -0.1) is 0 Å². The van der Waals surface area contributed by atoms with Gasteiger partial charge in [-0.25, -0.2) is 9.97 Å². The fourth-order valence-electron chi connectivity index (χ4n) is 8.33. The van der Waals surface area contributed by atoms with Crippen molar-refractivity contribution >= 4 is 38.9 Å². The molecule has 0 saturated carbocycles. The summed E-state index contributed by atoms with van der Waals surface area (Å²) in [6, 6.07) is 70.1. The molecule has 0 radical (unpaired) electrons. The third kappa shape index (κ3) is 5.15. The van der Waals surface area contributed by atoms with Crippen LogP contribution in [0, 0.1) is 0 Å². The van der Waals surface area contributed by atoms with Gasteiger partial charge in [-0.1, -0.05) is 164 Å². The van der Waals surface area contributed by atoms with Crippen LogP contribution in [0.15, 0.2) is 205 Å². The molecule has 11 rings (SSSR count). The van der Waals surface area contributed by atoms with Crippen LogP contribution in [0.3, 0.4) is 0 Å². The number of hydrogen-bond acceptors (Lipinski definition) is 4. The first-order valence-corrected chi connectivity index (χ1v) is 18.9. The van der Waals surface area contributed by atoms with Crippen molar-refractivity contribution in [2.75, 3.05) is 4.90 Å². The summed E-state index contributed by atoms with van der Waals surface area (Å²) in [5.41, 5.74) is 15.5. The number of anilines is 3. The molecular formula is C52H33N3O. The third-order valence-electron chi connectivity index (χ3n) is 10.8. The Balaban J connectivity index is 1.18. The molecule has 3 heterocycles. The Kier molecular flexibility index (Phi) is 7.46. The minimum absolute atomic E-state index is 0.678. The van der Waals surface area contributed by atoms with Gasteiger partial charge in [-0.2, -0.15) is 0 Å². The van der Waals surface area contributed by atoms with Crippen molar-refractivity contribution in [2.24, 2.45) is 0 Å². The smallest absolute Gasteiger partial charge is 0.160 e. The van der Waals surface area contributed by atoms with E-state index in [1.807, 2.05) is 24.3 Å². The predicted molar refractivity (Wildman–Crippen MR) is 230 cm³/mol. The highest BCUT2D eigenvalue weighted by Gasteiger charge is 2.31. The Morgan fingerprint density at radius 2 is 1.02 bits per heavy atom. The number of hydrogen-bond donors (Lipinski definition) is 0. The number of nitrogens with zero attached hydrogens (tertiary/aromatic N) is 3. The van der Waals surface area contributed by atoms with E-state index in [2.05, 4.69) is 181 Å². The van der Waals surface area contributed by atoms with Gasteiger partial charge in [0.15, 0.2) is 5.82 Å². The Morgan fingerprint density at radius 1 is 0.393 bits per heavy atom. The fraction of sp³-hybridized carbons (Fsp3) is 0. The number of para-hydroxylation sites is 2. The number of aromatic nitrogens is 2. The van der Waals surface area contributed by atoms with Gasteiger partial charge in [0.25, 0.3) is 0 Å². The molecule has 0 saturated heterocycles. The van der Waals surface area contributed by atoms with Crippen LogP contribution in [-0.4, -0.2) is 9.97 Å². The van der Waals surface area contributed by atoms with Crippen molar-refractivity contribution in [1.82, 2.24) is 9.97 Å². The van der Waals surface area contributed by atoms with Crippen LogP contribution in [0.2, 0.25) is 0 Å². The zero-order valence-electron chi connectivity index (χ0n) is 30.3. The first-order chi connectivity index (χ1) is 27.8. The summed E-state index contributed by atoms with van der Waals surface area (Å²) in [4.78, 5) is 12.7. The molecule has 1 aliphatic heterocycles. The normalized spacial score (nSPS) is 11.9. The van der Waals surface area contributed by atoms with Crippen LogP contribution in [0.1, 0.15) is 0 Å². The van der Waals surface area contributed by atoms with Crippen LogP contribution in [0.4, 0.5) is 17.1 Å². The van der Waals surface area contributed by atoms with Crippen molar-refractivity contribution in [1.29, 1.82) is 0 Å². The molecule has 0 fully saturated rings. The molecule has 0 bridgehead atoms. The number of benzene rings is 8. The molecule has 4 nitrogen and oxygen atoms in total. The lowest BCUT2D eigenvalue weighted by Gasteiger charge is -2.27. The average Bonchev–Trinajstić information content (AvgIpc) is 3.61. The zero-order chi connectivity index (χ0) is 37.0. The monoisotopic (exact) mass is 715 g/mol. The van der Waals surface area contributed by atoms with Gasteiger partial charge >= 0.3 is 0 Å². The van der Waals surface area contributed by atoms with Crippen LogP contribution < -0.4 is 4.90 Å². The predicted octanol–water partition coefficient (Wildman–Crippen LogP) is 14.2. The number of furan rings is 1. The summed E-state index contributed by atoms with van der Waals surface area (Å²) >= 11 is 0. The molecule has 0 amide bonds. The Hall–Kier alpha value is -7.56. The minimum Gasteiger partial charge on any atom is -0.455 e. The summed E-state index contributed by atoms with van der Waals surface area (Å²) in [5, 5.41) is 2.10. The van der Waals surface area contributed by atoms with E-state index >= 15 is 0 Å². The van der Waals surface area contributed by atoms with Crippen LogP contribution >= 0.6 is 0 Å². The van der Waals surface area contributed by atoms with Gasteiger partial charge in [0.1, 0.15) is 11.3 Å². The largest absolute Gasteiger partial charge is 0.455 e. The Morgan fingerprint density at radius 3 is 1.80 bits per heavy atom. The van der Waals surface area contributed by atoms with Gasteiger partial charge in [-0.05, 0) is 53.1 Å². The van der Waals surface area contributed by atoms with Gasteiger partial charge < -0.3 is 9.32 Å². The minimum atomic E-state index is 0.678. The maximum absolute atomic E-state index is 7.18. The molecule has 0 N–H and O–H groups in total. The van der Waals surface area contributed by atoms with E-state index in [-0.39, 0.29) is 0 Å². The molecular weight excluding hydrogens is 683 g/mol. The lowest BCUT2D eigenvalue weighted by molar-refractivity contribution is 0.633. The first kappa shape index (κ1) is 31.9.